The quantitative estimate of drug-likeness (QED) is 0.231. The summed E-state index contributed by atoms with van der Waals surface area (Å²) in [6.45, 7) is 18.2. The van der Waals surface area contributed by atoms with Crippen LogP contribution in [0.3, 0.4) is 0 Å². The van der Waals surface area contributed by atoms with E-state index in [0.29, 0.717) is 50.1 Å². The van der Waals surface area contributed by atoms with Crippen LogP contribution in [0.2, 0.25) is 0 Å². The Morgan fingerprint density at radius 1 is 0.411 bits per heavy atom. The smallest absolute Gasteiger partial charge is 0.306 e. The Kier molecular flexibility index (Phi) is 15.1. The van der Waals surface area contributed by atoms with Gasteiger partial charge in [0, 0.05) is 24.2 Å². The Balaban J connectivity index is 0.000000214. The van der Waals surface area contributed by atoms with Crippen molar-refractivity contribution >= 4 is 47.2 Å². The zero-order valence-electron chi connectivity index (χ0n) is 34.5. The highest BCUT2D eigenvalue weighted by atomic mass is 16.5. The van der Waals surface area contributed by atoms with Crippen LogP contribution >= 0.6 is 0 Å². The van der Waals surface area contributed by atoms with Crippen LogP contribution in [-0.2, 0) is 38.1 Å². The third-order valence-corrected chi connectivity index (χ3v) is 11.3. The van der Waals surface area contributed by atoms with Crippen molar-refractivity contribution in [2.45, 2.75) is 155 Å². The fourth-order valence-electron chi connectivity index (χ4n) is 7.29. The van der Waals surface area contributed by atoms with Crippen LogP contribution in [0.25, 0.3) is 0 Å². The Morgan fingerprint density at radius 2 is 0.607 bits per heavy atom. The molecule has 4 heterocycles. The molecule has 0 spiro atoms. The molecule has 0 aromatic carbocycles. The molecule has 0 bridgehead atoms. The molecular formula is C40H64N8O8. The number of hydrogen-bond acceptors (Lipinski definition) is 12. The first-order valence-electron chi connectivity index (χ1n) is 20.8. The second-order valence-electron chi connectivity index (χ2n) is 17.1. The fourth-order valence-corrected chi connectivity index (χ4v) is 7.29. The Morgan fingerprint density at radius 3 is 0.768 bits per heavy atom. The molecule has 4 amide bonds. The normalized spacial score (nSPS) is 29.8. The maximum Gasteiger partial charge on any atom is 0.306 e. The van der Waals surface area contributed by atoms with Gasteiger partial charge in [-0.1, -0.05) is 81.1 Å². The van der Waals surface area contributed by atoms with Crippen LogP contribution in [-0.4, -0.2) is 122 Å². The van der Waals surface area contributed by atoms with E-state index in [1.54, 1.807) is 0 Å². The third kappa shape index (κ3) is 11.4. The van der Waals surface area contributed by atoms with E-state index in [9.17, 15) is 19.2 Å². The molecule has 6 rings (SSSR count). The summed E-state index contributed by atoms with van der Waals surface area (Å²) in [7, 11) is 0. The third-order valence-electron chi connectivity index (χ3n) is 11.3. The van der Waals surface area contributed by atoms with E-state index in [-0.39, 0.29) is 95.6 Å². The molecule has 0 radical (unpaired) electrons. The largest absolute Gasteiger partial charge is 0.472 e. The van der Waals surface area contributed by atoms with Crippen LogP contribution in [0.1, 0.15) is 107 Å². The summed E-state index contributed by atoms with van der Waals surface area (Å²) in [5.74, 6) is 0.704. The van der Waals surface area contributed by atoms with Gasteiger partial charge in [-0.15, -0.1) is 0 Å². The van der Waals surface area contributed by atoms with Gasteiger partial charge in [0.15, 0.2) is 0 Å². The lowest BCUT2D eigenvalue weighted by atomic mass is 9.90. The Bertz CT molecular complexity index is 1320. The van der Waals surface area contributed by atoms with Gasteiger partial charge >= 0.3 is 23.6 Å². The average molecular weight is 785 g/mol. The summed E-state index contributed by atoms with van der Waals surface area (Å²) in [6.07, 6.45) is 7.24. The van der Waals surface area contributed by atoms with E-state index >= 15 is 0 Å². The molecule has 16 heteroatoms. The van der Waals surface area contributed by atoms with E-state index in [1.165, 1.54) is 0 Å². The summed E-state index contributed by atoms with van der Waals surface area (Å²) in [6, 6.07) is -0.531. The highest BCUT2D eigenvalue weighted by Gasteiger charge is 2.36. The molecule has 0 aromatic rings. The van der Waals surface area contributed by atoms with Gasteiger partial charge in [0.25, 0.3) is 23.6 Å². The van der Waals surface area contributed by atoms with Crippen LogP contribution in [0.4, 0.5) is 0 Å². The zero-order chi connectivity index (χ0) is 40.5. The fraction of sp³-hybridized carbons (Fsp3) is 0.800. The molecular weight excluding hydrogens is 720 g/mol. The van der Waals surface area contributed by atoms with Crippen LogP contribution in [0.15, 0.2) is 20.0 Å². The lowest BCUT2D eigenvalue weighted by molar-refractivity contribution is -0.119. The van der Waals surface area contributed by atoms with Gasteiger partial charge in [0.2, 0.25) is 0 Å². The molecule has 312 valence electrons. The van der Waals surface area contributed by atoms with Gasteiger partial charge in [-0.25, -0.2) is 20.0 Å². The number of nitrogens with one attached hydrogen (secondary N) is 4. The van der Waals surface area contributed by atoms with Crippen LogP contribution in [0.5, 0.6) is 0 Å². The lowest BCUT2D eigenvalue weighted by Gasteiger charge is -2.32. The monoisotopic (exact) mass is 784 g/mol. The lowest BCUT2D eigenvalue weighted by Crippen LogP contribution is -2.55. The average Bonchev–Trinajstić information content (AvgIpc) is 4.00. The number of carbonyl (C=O) groups excluding carboxylic acids is 4. The van der Waals surface area contributed by atoms with Gasteiger partial charge in [0.1, 0.15) is 26.4 Å². The summed E-state index contributed by atoms with van der Waals surface area (Å²) in [5.41, 5.74) is 0. The van der Waals surface area contributed by atoms with Crippen molar-refractivity contribution in [2.75, 3.05) is 26.4 Å². The molecule has 0 aromatic heterocycles. The highest BCUT2D eigenvalue weighted by Crippen LogP contribution is 2.23. The van der Waals surface area contributed by atoms with Crippen LogP contribution < -0.4 is 21.3 Å². The zero-order valence-corrected chi connectivity index (χ0v) is 34.5. The number of ether oxygens (including phenoxy) is 4. The summed E-state index contributed by atoms with van der Waals surface area (Å²) >= 11 is 0. The van der Waals surface area contributed by atoms with Gasteiger partial charge < -0.3 is 40.2 Å². The molecule has 4 N–H and O–H groups in total. The molecule has 0 unspecified atom stereocenters. The number of rotatable bonds is 12. The van der Waals surface area contributed by atoms with Gasteiger partial charge in [-0.05, 0) is 49.4 Å². The predicted octanol–water partition coefficient (Wildman–Crippen LogP) is 2.87. The van der Waals surface area contributed by atoms with E-state index in [1.807, 2.05) is 0 Å². The number of hydrogen-bond donors (Lipinski definition) is 4. The van der Waals surface area contributed by atoms with Crippen molar-refractivity contribution in [2.24, 2.45) is 43.6 Å². The maximum absolute atomic E-state index is 12.6. The highest BCUT2D eigenvalue weighted by molar-refractivity contribution is 6.37. The maximum atomic E-state index is 12.6. The Hall–Kier alpha value is -4.24. The van der Waals surface area contributed by atoms with Crippen molar-refractivity contribution in [3.63, 3.8) is 0 Å². The summed E-state index contributed by atoms with van der Waals surface area (Å²) in [4.78, 5) is 67.8. The van der Waals surface area contributed by atoms with E-state index in [0.717, 1.165) is 51.4 Å². The standard InChI is InChI=1S/2C20H32N4O4/c2*1-11(2)15-9-27-19(23-15)17(25)21-13-7-5-6-8-14(13)22-18(26)20-24-16(10-28-20)12(3)4/h2*11-16H,5-10H2,1-4H3,(H,21,25)(H,22,26)/t2*13-,14-,15-,16-/m11/s1. The minimum Gasteiger partial charge on any atom is -0.472 e. The first-order chi connectivity index (χ1) is 26.7. The molecule has 4 aliphatic heterocycles. The molecule has 16 nitrogen and oxygen atoms in total. The van der Waals surface area contributed by atoms with Crippen molar-refractivity contribution in [1.29, 1.82) is 0 Å². The van der Waals surface area contributed by atoms with Gasteiger partial charge in [0.05, 0.1) is 24.2 Å². The summed E-state index contributed by atoms with van der Waals surface area (Å²) in [5, 5.41) is 12.0. The Labute approximate surface area is 331 Å². The molecule has 6 aliphatic rings. The molecule has 8 atom stereocenters. The first-order valence-corrected chi connectivity index (χ1v) is 20.8. The number of nitrogens with zero attached hydrogens (tertiary/aromatic N) is 4. The van der Waals surface area contributed by atoms with Crippen molar-refractivity contribution in [3.05, 3.63) is 0 Å². The SMILES string of the molecule is CC(C)[C@H]1COC(C(=O)N[C@@H]2CCCC[C@H]2NC(=O)C2=N[C@@H](C(C)C)CO2)=N1.CC(C)[C@H]1COC(C(=O)N[C@@H]2CCCC[C@H]2NC(=O)C2=N[C@@H](C(C)C)CO2)=N1. The number of amides is 4. The summed E-state index contributed by atoms with van der Waals surface area (Å²) < 4.78 is 21.9. The molecule has 56 heavy (non-hydrogen) atoms. The molecule has 2 aliphatic carbocycles. The molecule has 2 saturated carbocycles. The van der Waals surface area contributed by atoms with E-state index in [4.69, 9.17) is 18.9 Å². The van der Waals surface area contributed by atoms with Gasteiger partial charge in [-0.3, -0.25) is 19.2 Å². The number of carbonyl (C=O) groups is 4. The molecule has 2 fully saturated rings. The minimum absolute atomic E-state index is 0.0223. The topological polar surface area (TPSA) is 203 Å². The van der Waals surface area contributed by atoms with E-state index in [2.05, 4.69) is 96.6 Å². The first kappa shape index (κ1) is 42.9. The predicted molar refractivity (Wildman–Crippen MR) is 213 cm³/mol. The second-order valence-corrected chi connectivity index (χ2v) is 17.1. The van der Waals surface area contributed by atoms with E-state index < -0.39 is 0 Å². The van der Waals surface area contributed by atoms with Crippen molar-refractivity contribution < 1.29 is 38.1 Å². The van der Waals surface area contributed by atoms with Gasteiger partial charge in [-0.2, -0.15) is 0 Å². The van der Waals surface area contributed by atoms with Crippen molar-refractivity contribution in [3.8, 4) is 0 Å². The van der Waals surface area contributed by atoms with Crippen LogP contribution in [0, 0.1) is 23.7 Å². The van der Waals surface area contributed by atoms with Crippen molar-refractivity contribution in [1.82, 2.24) is 21.3 Å². The minimum atomic E-state index is -0.302. The number of aliphatic imine (C=N–C) groups is 4. The second kappa shape index (κ2) is 19.8. The molecule has 0 saturated heterocycles.